The molecule has 6 nitrogen and oxygen atoms in total. The Morgan fingerprint density at radius 3 is 2.80 bits per heavy atom. The first-order valence-electron chi connectivity index (χ1n) is 9.35. The summed E-state index contributed by atoms with van der Waals surface area (Å²) in [4.78, 5) is 16.7. The number of likely N-dealkylation sites (tertiary alicyclic amines) is 2. The van der Waals surface area contributed by atoms with Crippen LogP contribution in [0.4, 0.5) is 0 Å². The lowest BCUT2D eigenvalue weighted by molar-refractivity contribution is -0.146. The quantitative estimate of drug-likeness (QED) is 0.551. The Morgan fingerprint density at radius 2 is 2.08 bits per heavy atom. The van der Waals surface area contributed by atoms with E-state index in [1.165, 1.54) is 5.57 Å². The van der Waals surface area contributed by atoms with Crippen LogP contribution in [0.1, 0.15) is 33.1 Å². The number of allylic oxidation sites excluding steroid dienone is 1. The summed E-state index contributed by atoms with van der Waals surface area (Å²) in [5, 5.41) is 10.7. The van der Waals surface area contributed by atoms with Gasteiger partial charge in [0.15, 0.2) is 0 Å². The third-order valence-electron chi connectivity index (χ3n) is 5.34. The van der Waals surface area contributed by atoms with Gasteiger partial charge in [-0.15, -0.1) is 0 Å². The van der Waals surface area contributed by atoms with Crippen molar-refractivity contribution in [2.75, 3.05) is 59.7 Å². The second-order valence-corrected chi connectivity index (χ2v) is 7.65. The number of amides is 1. The third kappa shape index (κ3) is 5.78. The van der Waals surface area contributed by atoms with Gasteiger partial charge in [-0.1, -0.05) is 11.6 Å². The molecule has 0 aliphatic carbocycles. The number of carbonyl (C=O) groups is 1. The lowest BCUT2D eigenvalue weighted by Crippen LogP contribution is -2.60. The van der Waals surface area contributed by atoms with Crippen LogP contribution in [0, 0.1) is 5.41 Å². The highest BCUT2D eigenvalue weighted by atomic mass is 16.5. The number of hydrogen-bond donors (Lipinski definition) is 1. The van der Waals surface area contributed by atoms with Gasteiger partial charge in [0.05, 0.1) is 19.3 Å². The van der Waals surface area contributed by atoms with E-state index in [4.69, 9.17) is 9.47 Å². The fourth-order valence-electron chi connectivity index (χ4n) is 3.88. The lowest BCUT2D eigenvalue weighted by atomic mass is 9.71. The average Bonchev–Trinajstić information content (AvgIpc) is 2.60. The topological polar surface area (TPSA) is 62.2 Å². The molecular formula is C19H34N2O4. The molecule has 0 aromatic rings. The highest BCUT2D eigenvalue weighted by Gasteiger charge is 2.46. The van der Waals surface area contributed by atoms with E-state index in [1.807, 2.05) is 4.90 Å². The van der Waals surface area contributed by atoms with Crippen molar-refractivity contribution in [3.8, 4) is 0 Å². The molecule has 6 heteroatoms. The number of piperidine rings is 2. The van der Waals surface area contributed by atoms with Crippen molar-refractivity contribution in [3.63, 3.8) is 0 Å². The Labute approximate surface area is 151 Å². The van der Waals surface area contributed by atoms with Crippen LogP contribution in [0.25, 0.3) is 0 Å². The van der Waals surface area contributed by atoms with Gasteiger partial charge in [0.1, 0.15) is 6.61 Å². The molecule has 2 fully saturated rings. The van der Waals surface area contributed by atoms with Gasteiger partial charge in [-0.3, -0.25) is 9.69 Å². The number of nitrogens with zero attached hydrogens (tertiary/aromatic N) is 2. The molecule has 2 saturated heterocycles. The summed E-state index contributed by atoms with van der Waals surface area (Å²) in [5.74, 6) is 0.0174. The molecule has 2 aliphatic rings. The lowest BCUT2D eigenvalue weighted by Gasteiger charge is -2.51. The second kappa shape index (κ2) is 9.67. The van der Waals surface area contributed by atoms with E-state index in [0.717, 1.165) is 45.4 Å². The maximum absolute atomic E-state index is 12.4. The largest absolute Gasteiger partial charge is 0.392 e. The summed E-state index contributed by atoms with van der Waals surface area (Å²) in [6.07, 6.45) is 4.61. The summed E-state index contributed by atoms with van der Waals surface area (Å²) in [7, 11) is 1.62. The SMILES string of the molecule is COCCOCC(=O)N1CCC[C@@]2(CN(CC=C(C)C)CC[C@H]2O)C1. The average molecular weight is 354 g/mol. The van der Waals surface area contributed by atoms with Crippen LogP contribution in [-0.4, -0.2) is 86.6 Å². The van der Waals surface area contributed by atoms with Crippen molar-refractivity contribution in [1.29, 1.82) is 0 Å². The number of rotatable bonds is 7. The summed E-state index contributed by atoms with van der Waals surface area (Å²) in [6, 6.07) is 0. The highest BCUT2D eigenvalue weighted by Crippen LogP contribution is 2.38. The van der Waals surface area contributed by atoms with E-state index in [0.29, 0.717) is 19.8 Å². The number of aliphatic hydroxyl groups is 1. The molecule has 1 amide bonds. The van der Waals surface area contributed by atoms with Crippen LogP contribution < -0.4 is 0 Å². The van der Waals surface area contributed by atoms with Gasteiger partial charge in [-0.25, -0.2) is 0 Å². The normalized spacial score (nSPS) is 27.5. The molecular weight excluding hydrogens is 320 g/mol. The fraction of sp³-hybridized carbons (Fsp3) is 0.842. The minimum atomic E-state index is -0.333. The minimum Gasteiger partial charge on any atom is -0.392 e. The number of hydrogen-bond acceptors (Lipinski definition) is 5. The third-order valence-corrected chi connectivity index (χ3v) is 5.34. The molecule has 0 saturated carbocycles. The summed E-state index contributed by atoms with van der Waals surface area (Å²) < 4.78 is 10.3. The number of carbonyl (C=O) groups excluding carboxylic acids is 1. The molecule has 2 aliphatic heterocycles. The molecule has 2 rings (SSSR count). The molecule has 0 radical (unpaired) electrons. The summed E-state index contributed by atoms with van der Waals surface area (Å²) in [6.45, 7) is 9.32. The molecule has 2 atom stereocenters. The predicted octanol–water partition coefficient (Wildman–Crippen LogP) is 1.29. The van der Waals surface area contributed by atoms with E-state index in [2.05, 4.69) is 24.8 Å². The van der Waals surface area contributed by atoms with E-state index < -0.39 is 0 Å². The number of ether oxygens (including phenoxy) is 2. The smallest absolute Gasteiger partial charge is 0.248 e. The van der Waals surface area contributed by atoms with Gasteiger partial charge in [-0.05, 0) is 33.1 Å². The fourth-order valence-corrected chi connectivity index (χ4v) is 3.88. The van der Waals surface area contributed by atoms with Gasteiger partial charge in [0.2, 0.25) is 5.91 Å². The van der Waals surface area contributed by atoms with E-state index in [1.54, 1.807) is 7.11 Å². The molecule has 0 aromatic heterocycles. The second-order valence-electron chi connectivity index (χ2n) is 7.65. The van der Waals surface area contributed by atoms with Crippen molar-refractivity contribution in [2.24, 2.45) is 5.41 Å². The van der Waals surface area contributed by atoms with Gasteiger partial charge in [-0.2, -0.15) is 0 Å². The Bertz CT molecular complexity index is 464. The van der Waals surface area contributed by atoms with Crippen molar-refractivity contribution in [3.05, 3.63) is 11.6 Å². The van der Waals surface area contributed by atoms with Gasteiger partial charge in [0.25, 0.3) is 0 Å². The first-order chi connectivity index (χ1) is 12.0. The molecule has 1 spiro atoms. The van der Waals surface area contributed by atoms with Crippen molar-refractivity contribution in [2.45, 2.75) is 39.2 Å². The van der Waals surface area contributed by atoms with E-state index in [-0.39, 0.29) is 24.0 Å². The Kier molecular flexibility index (Phi) is 7.87. The zero-order chi connectivity index (χ0) is 18.3. The van der Waals surface area contributed by atoms with Gasteiger partial charge in [0, 0.05) is 45.2 Å². The van der Waals surface area contributed by atoms with Gasteiger partial charge >= 0.3 is 0 Å². The minimum absolute atomic E-state index is 0.0174. The maximum Gasteiger partial charge on any atom is 0.248 e. The summed E-state index contributed by atoms with van der Waals surface area (Å²) in [5.41, 5.74) is 1.11. The Balaban J connectivity index is 1.93. The van der Waals surface area contributed by atoms with Crippen LogP contribution in [0.3, 0.4) is 0 Å². The summed E-state index contributed by atoms with van der Waals surface area (Å²) >= 11 is 0. The van der Waals surface area contributed by atoms with E-state index >= 15 is 0 Å². The van der Waals surface area contributed by atoms with Crippen LogP contribution >= 0.6 is 0 Å². The maximum atomic E-state index is 12.4. The van der Waals surface area contributed by atoms with Crippen LogP contribution in [-0.2, 0) is 14.3 Å². The molecule has 0 bridgehead atoms. The van der Waals surface area contributed by atoms with Gasteiger partial charge < -0.3 is 19.5 Å². The monoisotopic (exact) mass is 354 g/mol. The highest BCUT2D eigenvalue weighted by molar-refractivity contribution is 5.77. The molecule has 0 aromatic carbocycles. The molecule has 144 valence electrons. The molecule has 2 heterocycles. The Hall–Kier alpha value is -0.950. The zero-order valence-electron chi connectivity index (χ0n) is 16.0. The molecule has 25 heavy (non-hydrogen) atoms. The van der Waals surface area contributed by atoms with Crippen molar-refractivity contribution >= 4 is 5.91 Å². The number of aliphatic hydroxyl groups excluding tert-OH is 1. The van der Waals surface area contributed by atoms with Crippen LogP contribution in [0.2, 0.25) is 0 Å². The van der Waals surface area contributed by atoms with Crippen molar-refractivity contribution in [1.82, 2.24) is 9.80 Å². The standard InChI is InChI=1S/C19H34N2O4/c1-16(2)5-9-20-10-6-17(22)19(14-20)7-4-8-21(15-19)18(23)13-25-12-11-24-3/h5,17,22H,4,6-15H2,1-3H3/t17-,19-/m1/s1. The van der Waals surface area contributed by atoms with Crippen LogP contribution in [0.5, 0.6) is 0 Å². The van der Waals surface area contributed by atoms with Crippen molar-refractivity contribution < 1.29 is 19.4 Å². The Morgan fingerprint density at radius 1 is 1.28 bits per heavy atom. The molecule has 1 N–H and O–H groups in total. The first-order valence-corrected chi connectivity index (χ1v) is 9.35. The predicted molar refractivity (Wildman–Crippen MR) is 97.4 cm³/mol. The first kappa shape index (κ1) is 20.4. The van der Waals surface area contributed by atoms with Crippen LogP contribution in [0.15, 0.2) is 11.6 Å². The zero-order valence-corrected chi connectivity index (χ0v) is 16.0. The number of methoxy groups -OCH3 is 1. The molecule has 0 unspecified atom stereocenters. The van der Waals surface area contributed by atoms with E-state index in [9.17, 15) is 9.90 Å².